The largest absolute Gasteiger partial charge is 0.508 e. The molecule has 4 unspecified atom stereocenters. The highest BCUT2D eigenvalue weighted by molar-refractivity contribution is 7.19. The Labute approximate surface area is 171 Å². The van der Waals surface area contributed by atoms with Crippen molar-refractivity contribution in [2.45, 2.75) is 37.3 Å². The number of fused-ring (bicyclic) bond motifs is 1. The normalized spacial score (nSPS) is 24.5. The molecule has 7 heteroatoms. The summed E-state index contributed by atoms with van der Waals surface area (Å²) < 4.78 is 6.86. The average molecular weight is 411 g/mol. The van der Waals surface area contributed by atoms with E-state index >= 15 is 0 Å². The van der Waals surface area contributed by atoms with Crippen molar-refractivity contribution in [3.05, 3.63) is 64.0 Å². The van der Waals surface area contributed by atoms with Crippen molar-refractivity contribution in [1.29, 1.82) is 5.26 Å². The van der Waals surface area contributed by atoms with Crippen LogP contribution in [-0.4, -0.2) is 45.3 Å². The van der Waals surface area contributed by atoms with Crippen LogP contribution in [0.25, 0.3) is 10.1 Å². The molecule has 2 heterocycles. The first-order chi connectivity index (χ1) is 14.0. The maximum absolute atomic E-state index is 10.5. The summed E-state index contributed by atoms with van der Waals surface area (Å²) in [5, 5.41) is 51.0. The highest BCUT2D eigenvalue weighted by Gasteiger charge is 2.38. The summed E-state index contributed by atoms with van der Waals surface area (Å²) in [5.41, 5.74) is 1.33. The van der Waals surface area contributed by atoms with E-state index in [1.54, 1.807) is 17.4 Å². The number of ether oxygens (including phenoxy) is 1. The summed E-state index contributed by atoms with van der Waals surface area (Å²) in [7, 11) is 0. The van der Waals surface area contributed by atoms with E-state index < -0.39 is 24.4 Å². The van der Waals surface area contributed by atoms with Crippen LogP contribution in [0.3, 0.4) is 0 Å². The van der Waals surface area contributed by atoms with Crippen molar-refractivity contribution in [3.8, 4) is 11.8 Å². The zero-order valence-corrected chi connectivity index (χ0v) is 16.3. The van der Waals surface area contributed by atoms with Gasteiger partial charge in [0.05, 0.1) is 30.4 Å². The van der Waals surface area contributed by atoms with Crippen LogP contribution in [0, 0.1) is 11.3 Å². The van der Waals surface area contributed by atoms with Crippen LogP contribution in [-0.2, 0) is 11.2 Å². The summed E-state index contributed by atoms with van der Waals surface area (Å²) in [6.07, 6.45) is -3.35. The van der Waals surface area contributed by atoms with E-state index in [1.807, 2.05) is 24.3 Å². The lowest BCUT2D eigenvalue weighted by Crippen LogP contribution is -2.44. The third kappa shape index (κ3) is 3.86. The van der Waals surface area contributed by atoms with E-state index in [0.29, 0.717) is 23.1 Å². The van der Waals surface area contributed by atoms with Crippen LogP contribution in [0.2, 0.25) is 0 Å². The molecule has 29 heavy (non-hydrogen) atoms. The minimum atomic E-state index is -1.24. The molecule has 0 saturated carbocycles. The van der Waals surface area contributed by atoms with Crippen molar-refractivity contribution in [2.24, 2.45) is 0 Å². The molecule has 150 valence electrons. The number of rotatable bonds is 4. The lowest BCUT2D eigenvalue weighted by molar-refractivity contribution is -0.180. The van der Waals surface area contributed by atoms with Gasteiger partial charge in [-0.1, -0.05) is 18.2 Å². The number of thiophene rings is 1. The maximum Gasteiger partial charge on any atom is 0.122 e. The van der Waals surface area contributed by atoms with Crippen LogP contribution in [0.5, 0.6) is 5.75 Å². The number of aliphatic hydroxyl groups is 3. The Bertz CT molecular complexity index is 1040. The van der Waals surface area contributed by atoms with E-state index in [-0.39, 0.29) is 18.8 Å². The molecule has 1 aliphatic rings. The molecule has 3 aromatic rings. The van der Waals surface area contributed by atoms with Crippen LogP contribution in [0.1, 0.15) is 34.1 Å². The third-order valence-electron chi connectivity index (χ3n) is 5.27. The fraction of sp³-hybridized carbons (Fsp3) is 0.318. The molecule has 0 spiro atoms. The molecule has 1 aromatic heterocycles. The number of hydrogen-bond donors (Lipinski definition) is 4. The van der Waals surface area contributed by atoms with Gasteiger partial charge in [0.25, 0.3) is 0 Å². The molecule has 0 amide bonds. The Balaban J connectivity index is 1.72. The third-order valence-corrected chi connectivity index (χ3v) is 6.39. The van der Waals surface area contributed by atoms with Gasteiger partial charge < -0.3 is 25.2 Å². The Morgan fingerprint density at radius 3 is 2.69 bits per heavy atom. The monoisotopic (exact) mass is 411 g/mol. The lowest BCUT2D eigenvalue weighted by Gasteiger charge is -2.37. The Morgan fingerprint density at radius 1 is 1.17 bits per heavy atom. The van der Waals surface area contributed by atoms with Crippen molar-refractivity contribution >= 4 is 21.4 Å². The molecular weight excluding hydrogens is 390 g/mol. The van der Waals surface area contributed by atoms with E-state index in [1.165, 1.54) is 6.07 Å². The van der Waals surface area contributed by atoms with E-state index in [9.17, 15) is 25.7 Å². The molecular formula is C22H21NO5S. The second-order valence-electron chi connectivity index (χ2n) is 7.26. The molecule has 4 N–H and O–H groups in total. The second-order valence-corrected chi connectivity index (χ2v) is 8.43. The summed E-state index contributed by atoms with van der Waals surface area (Å²) in [6.45, 7) is -0.300. The van der Waals surface area contributed by atoms with E-state index in [2.05, 4.69) is 12.1 Å². The zero-order valence-electron chi connectivity index (χ0n) is 15.5. The molecule has 1 saturated heterocycles. The van der Waals surface area contributed by atoms with Gasteiger partial charge >= 0.3 is 0 Å². The van der Waals surface area contributed by atoms with Crippen LogP contribution in [0.15, 0.2) is 42.5 Å². The first-order valence-corrected chi connectivity index (χ1v) is 10.2. The molecule has 6 nitrogen and oxygen atoms in total. The quantitative estimate of drug-likeness (QED) is 0.525. The van der Waals surface area contributed by atoms with Gasteiger partial charge in [-0.2, -0.15) is 5.26 Å². The van der Waals surface area contributed by atoms with Gasteiger partial charge in [-0.3, -0.25) is 0 Å². The Morgan fingerprint density at radius 2 is 1.97 bits per heavy atom. The molecule has 0 radical (unpaired) electrons. The minimum Gasteiger partial charge on any atom is -0.508 e. The topological polar surface area (TPSA) is 114 Å². The predicted octanol–water partition coefficient (Wildman–Crippen LogP) is 2.61. The number of hydrogen-bond acceptors (Lipinski definition) is 7. The van der Waals surface area contributed by atoms with Crippen molar-refractivity contribution < 1.29 is 25.2 Å². The minimum absolute atomic E-state index is 0.111. The van der Waals surface area contributed by atoms with Gasteiger partial charge in [-0.25, -0.2) is 0 Å². The first-order valence-electron chi connectivity index (χ1n) is 9.36. The number of phenolic OH excluding ortho intramolecular Hbond substituents is 1. The number of benzene rings is 2. The predicted molar refractivity (Wildman–Crippen MR) is 109 cm³/mol. The van der Waals surface area contributed by atoms with Gasteiger partial charge in [0.2, 0.25) is 0 Å². The average Bonchev–Trinajstić information content (AvgIpc) is 3.13. The molecule has 4 rings (SSSR count). The van der Waals surface area contributed by atoms with Gasteiger partial charge in [0, 0.05) is 28.0 Å². The molecule has 0 aliphatic carbocycles. The van der Waals surface area contributed by atoms with Crippen LogP contribution >= 0.6 is 11.3 Å². The fourth-order valence-corrected chi connectivity index (χ4v) is 4.86. The molecule has 1 aliphatic heterocycles. The van der Waals surface area contributed by atoms with E-state index in [0.717, 1.165) is 15.0 Å². The lowest BCUT2D eigenvalue weighted by atomic mass is 9.90. The van der Waals surface area contributed by atoms with Crippen molar-refractivity contribution in [2.75, 3.05) is 6.61 Å². The van der Waals surface area contributed by atoms with Crippen molar-refractivity contribution in [3.63, 3.8) is 0 Å². The standard InChI is InChI=1S/C22H21NO5S/c23-10-14-8-18(25)17(22-21(27)19(26)9-15(11-24)28-22)7-13(14)6-16-5-12-3-1-2-4-20(12)29-16/h1-5,7-8,15,19,21-22,24-27H,6,9,11H2. The fourth-order valence-electron chi connectivity index (χ4n) is 3.77. The molecule has 1 fully saturated rings. The summed E-state index contributed by atoms with van der Waals surface area (Å²) in [6, 6.07) is 15.2. The van der Waals surface area contributed by atoms with Crippen molar-refractivity contribution in [1.82, 2.24) is 0 Å². The van der Waals surface area contributed by atoms with Crippen LogP contribution < -0.4 is 0 Å². The van der Waals surface area contributed by atoms with E-state index in [4.69, 9.17) is 4.74 Å². The SMILES string of the molecule is N#Cc1cc(O)c(C2OC(CO)CC(O)C2O)cc1Cc1cc2ccccc2s1. The second kappa shape index (κ2) is 8.11. The molecule has 4 atom stereocenters. The Kier molecular flexibility index (Phi) is 5.54. The van der Waals surface area contributed by atoms with Gasteiger partial charge in [0.15, 0.2) is 0 Å². The summed E-state index contributed by atoms with van der Waals surface area (Å²) in [5.74, 6) is -0.184. The zero-order chi connectivity index (χ0) is 20.5. The number of aromatic hydroxyl groups is 1. The smallest absolute Gasteiger partial charge is 0.122 e. The number of nitriles is 1. The Hall–Kier alpha value is -2.47. The highest BCUT2D eigenvalue weighted by atomic mass is 32.1. The number of phenols is 1. The van der Waals surface area contributed by atoms with Gasteiger partial charge in [-0.15, -0.1) is 11.3 Å². The summed E-state index contributed by atoms with van der Waals surface area (Å²) in [4.78, 5) is 1.07. The summed E-state index contributed by atoms with van der Waals surface area (Å²) >= 11 is 1.64. The highest BCUT2D eigenvalue weighted by Crippen LogP contribution is 2.38. The number of nitrogens with zero attached hydrogens (tertiary/aromatic N) is 1. The molecule has 2 aromatic carbocycles. The van der Waals surface area contributed by atoms with Crippen LogP contribution in [0.4, 0.5) is 0 Å². The first kappa shape index (κ1) is 19.8. The van der Waals surface area contributed by atoms with Gasteiger partial charge in [0.1, 0.15) is 18.0 Å². The maximum atomic E-state index is 10.5. The molecule has 0 bridgehead atoms. The van der Waals surface area contributed by atoms with Gasteiger partial charge in [-0.05, 0) is 35.2 Å². The number of aliphatic hydroxyl groups excluding tert-OH is 3.